The van der Waals surface area contributed by atoms with Crippen molar-refractivity contribution < 1.29 is 13.2 Å². The Kier molecular flexibility index (Phi) is 4.45. The number of rotatable bonds is 3. The van der Waals surface area contributed by atoms with Gasteiger partial charge in [0.15, 0.2) is 9.84 Å². The normalized spacial score (nSPS) is 22.6. The quantitative estimate of drug-likeness (QED) is 0.906. The summed E-state index contributed by atoms with van der Waals surface area (Å²) < 4.78 is 24.5. The molecule has 1 aromatic rings. The van der Waals surface area contributed by atoms with Gasteiger partial charge in [0.25, 0.3) is 0 Å². The summed E-state index contributed by atoms with van der Waals surface area (Å²) in [5.74, 6) is -0.227. The van der Waals surface area contributed by atoms with Crippen LogP contribution in [0.5, 0.6) is 0 Å². The lowest BCUT2D eigenvalue weighted by atomic mass is 10.2. The molecule has 1 aliphatic rings. The largest absolute Gasteiger partial charge is 0.350 e. The number of hydrogen-bond acceptors (Lipinski definition) is 4. The zero-order chi connectivity index (χ0) is 13.2. The van der Waals surface area contributed by atoms with Crippen molar-refractivity contribution in [2.75, 3.05) is 5.75 Å². The van der Waals surface area contributed by atoms with E-state index in [1.165, 1.54) is 11.3 Å². The third-order valence-electron chi connectivity index (χ3n) is 2.94. The Hall–Kier alpha value is -0.400. The van der Waals surface area contributed by atoms with Crippen LogP contribution < -0.4 is 5.32 Å². The van der Waals surface area contributed by atoms with E-state index in [1.54, 1.807) is 0 Å². The molecule has 0 aliphatic carbocycles. The molecular weight excluding hydrogens is 338 g/mol. The summed E-state index contributed by atoms with van der Waals surface area (Å²) in [5.41, 5.74) is 0. The van der Waals surface area contributed by atoms with E-state index in [-0.39, 0.29) is 11.7 Å². The van der Waals surface area contributed by atoms with E-state index in [0.717, 1.165) is 15.1 Å². The third kappa shape index (κ3) is 3.33. The number of sulfone groups is 1. The van der Waals surface area contributed by atoms with Gasteiger partial charge in [-0.25, -0.2) is 8.42 Å². The monoisotopic (exact) mass is 351 g/mol. The molecule has 1 atom stereocenters. The van der Waals surface area contributed by atoms with Gasteiger partial charge in [-0.2, -0.15) is 0 Å². The maximum atomic E-state index is 11.9. The lowest BCUT2D eigenvalue weighted by Crippen LogP contribution is -2.42. The van der Waals surface area contributed by atoms with Crippen molar-refractivity contribution in [3.63, 3.8) is 0 Å². The van der Waals surface area contributed by atoms with Gasteiger partial charge in [-0.3, -0.25) is 4.79 Å². The van der Waals surface area contributed by atoms with E-state index in [9.17, 15) is 13.2 Å². The van der Waals surface area contributed by atoms with Gasteiger partial charge in [-0.15, -0.1) is 11.3 Å². The highest BCUT2D eigenvalue weighted by atomic mass is 79.9. The second-order valence-electron chi connectivity index (χ2n) is 4.28. The summed E-state index contributed by atoms with van der Waals surface area (Å²) in [4.78, 5) is 12.9. The van der Waals surface area contributed by atoms with Gasteiger partial charge in [0.05, 0.1) is 16.1 Å². The van der Waals surface area contributed by atoms with E-state index in [4.69, 9.17) is 0 Å². The van der Waals surface area contributed by atoms with Crippen LogP contribution in [0.4, 0.5) is 0 Å². The maximum Gasteiger partial charge on any atom is 0.238 e. The Morgan fingerprint density at radius 1 is 1.44 bits per heavy atom. The smallest absolute Gasteiger partial charge is 0.238 e. The standard InChI is InChI=1S/C11H14BrNO3S2/c12-10-5-4-8(17-10)7-13-11(14)9-3-1-2-6-18(9,15)16/h4-5,9H,1-3,6-7H2,(H,13,14). The first-order chi connectivity index (χ1) is 8.49. The van der Waals surface area contributed by atoms with E-state index < -0.39 is 15.1 Å². The lowest BCUT2D eigenvalue weighted by molar-refractivity contribution is -0.121. The molecule has 0 bridgehead atoms. The van der Waals surface area contributed by atoms with Crippen molar-refractivity contribution in [2.45, 2.75) is 31.1 Å². The molecule has 1 unspecified atom stereocenters. The summed E-state index contributed by atoms with van der Waals surface area (Å²) in [6.07, 6.45) is 1.92. The van der Waals surface area contributed by atoms with E-state index in [2.05, 4.69) is 21.2 Å². The van der Waals surface area contributed by atoms with Gasteiger partial charge in [-0.1, -0.05) is 6.42 Å². The van der Waals surface area contributed by atoms with Crippen molar-refractivity contribution >= 4 is 43.0 Å². The molecule has 1 aliphatic heterocycles. The highest BCUT2D eigenvalue weighted by molar-refractivity contribution is 9.11. The van der Waals surface area contributed by atoms with Crippen molar-refractivity contribution in [3.8, 4) is 0 Å². The highest BCUT2D eigenvalue weighted by Crippen LogP contribution is 2.23. The minimum Gasteiger partial charge on any atom is -0.350 e. The predicted octanol–water partition coefficient (Wildman–Crippen LogP) is 2.09. The van der Waals surface area contributed by atoms with Crippen LogP contribution in [0.25, 0.3) is 0 Å². The first-order valence-electron chi connectivity index (χ1n) is 5.72. The fraction of sp³-hybridized carbons (Fsp3) is 0.545. The van der Waals surface area contributed by atoms with Crippen molar-refractivity contribution in [3.05, 3.63) is 20.8 Å². The molecule has 0 radical (unpaired) electrons. The number of halogens is 1. The topological polar surface area (TPSA) is 63.2 Å². The zero-order valence-electron chi connectivity index (χ0n) is 9.69. The van der Waals surface area contributed by atoms with Crippen LogP contribution in [0.1, 0.15) is 24.1 Å². The molecule has 100 valence electrons. The highest BCUT2D eigenvalue weighted by Gasteiger charge is 2.34. The van der Waals surface area contributed by atoms with Crippen LogP contribution in [0.3, 0.4) is 0 Å². The van der Waals surface area contributed by atoms with Crippen LogP contribution in [-0.4, -0.2) is 25.3 Å². The zero-order valence-corrected chi connectivity index (χ0v) is 12.9. The Labute approximate surface area is 119 Å². The van der Waals surface area contributed by atoms with Gasteiger partial charge in [-0.05, 0) is 40.9 Å². The fourth-order valence-electron chi connectivity index (χ4n) is 1.98. The molecule has 2 rings (SSSR count). The minimum absolute atomic E-state index is 0.135. The molecule has 1 amide bonds. The van der Waals surface area contributed by atoms with Crippen LogP contribution in [0, 0.1) is 0 Å². The van der Waals surface area contributed by atoms with Gasteiger partial charge < -0.3 is 5.32 Å². The first-order valence-corrected chi connectivity index (χ1v) is 9.05. The first kappa shape index (κ1) is 14.0. The molecule has 2 heterocycles. The molecule has 1 fully saturated rings. The molecule has 1 N–H and O–H groups in total. The molecule has 1 aromatic heterocycles. The lowest BCUT2D eigenvalue weighted by Gasteiger charge is -2.21. The number of amides is 1. The Bertz CT molecular complexity index is 538. The third-order valence-corrected chi connectivity index (χ3v) is 6.73. The molecule has 0 saturated carbocycles. The summed E-state index contributed by atoms with van der Waals surface area (Å²) in [6, 6.07) is 3.81. The number of hydrogen-bond donors (Lipinski definition) is 1. The van der Waals surface area contributed by atoms with Crippen molar-refractivity contribution in [2.24, 2.45) is 0 Å². The minimum atomic E-state index is -3.24. The van der Waals surface area contributed by atoms with Crippen LogP contribution in [0.15, 0.2) is 15.9 Å². The van der Waals surface area contributed by atoms with Gasteiger partial charge in [0.2, 0.25) is 5.91 Å². The van der Waals surface area contributed by atoms with Crippen LogP contribution in [-0.2, 0) is 21.2 Å². The number of nitrogens with one attached hydrogen (secondary N) is 1. The maximum absolute atomic E-state index is 11.9. The number of carbonyl (C=O) groups is 1. The Morgan fingerprint density at radius 3 is 2.83 bits per heavy atom. The molecule has 0 spiro atoms. The summed E-state index contributed by atoms with van der Waals surface area (Å²) >= 11 is 4.87. The van der Waals surface area contributed by atoms with Crippen molar-refractivity contribution in [1.29, 1.82) is 0 Å². The summed E-state index contributed by atoms with van der Waals surface area (Å²) in [5, 5.41) is 1.86. The van der Waals surface area contributed by atoms with Gasteiger partial charge in [0, 0.05) is 4.88 Å². The molecule has 7 heteroatoms. The molecule has 18 heavy (non-hydrogen) atoms. The molecule has 0 aromatic carbocycles. The van der Waals surface area contributed by atoms with Crippen LogP contribution >= 0.6 is 27.3 Å². The number of thiophene rings is 1. The van der Waals surface area contributed by atoms with E-state index in [1.807, 2.05) is 12.1 Å². The number of carbonyl (C=O) groups excluding carboxylic acids is 1. The SMILES string of the molecule is O=C(NCc1ccc(Br)s1)C1CCCCS1(=O)=O. The second kappa shape index (κ2) is 5.71. The summed E-state index contributed by atoms with van der Waals surface area (Å²) in [6.45, 7) is 0.390. The second-order valence-corrected chi connectivity index (χ2v) is 9.13. The average Bonchev–Trinajstić information content (AvgIpc) is 2.71. The van der Waals surface area contributed by atoms with Crippen molar-refractivity contribution in [1.82, 2.24) is 5.32 Å². The van der Waals surface area contributed by atoms with Crippen LogP contribution in [0.2, 0.25) is 0 Å². The molecule has 4 nitrogen and oxygen atoms in total. The van der Waals surface area contributed by atoms with Gasteiger partial charge in [0.1, 0.15) is 5.25 Å². The van der Waals surface area contributed by atoms with Gasteiger partial charge >= 0.3 is 0 Å². The van der Waals surface area contributed by atoms with E-state index in [0.29, 0.717) is 19.4 Å². The molecular formula is C11H14BrNO3S2. The van der Waals surface area contributed by atoms with E-state index >= 15 is 0 Å². The Balaban J connectivity index is 1.95. The average molecular weight is 352 g/mol. The predicted molar refractivity (Wildman–Crippen MR) is 75.3 cm³/mol. The molecule has 1 saturated heterocycles. The Morgan fingerprint density at radius 2 is 2.22 bits per heavy atom. The summed E-state index contributed by atoms with van der Waals surface area (Å²) in [7, 11) is -3.24. The fourth-order valence-corrected chi connectivity index (χ4v) is 5.23.